The van der Waals surface area contributed by atoms with Gasteiger partial charge in [0.15, 0.2) is 5.82 Å². The molecule has 1 amide bonds. The molecule has 1 N–H and O–H groups in total. The Labute approximate surface area is 136 Å². The number of amides is 1. The fourth-order valence-electron chi connectivity index (χ4n) is 2.06. The summed E-state index contributed by atoms with van der Waals surface area (Å²) < 4.78 is 1.55. The van der Waals surface area contributed by atoms with Gasteiger partial charge in [-0.3, -0.25) is 10.1 Å². The minimum absolute atomic E-state index is 0.235. The van der Waals surface area contributed by atoms with Gasteiger partial charge in [0.25, 0.3) is 5.91 Å². The van der Waals surface area contributed by atoms with Crippen LogP contribution >= 0.6 is 11.3 Å². The Morgan fingerprint density at radius 3 is 2.91 bits per heavy atom. The number of nitrogens with one attached hydrogen (secondary N) is 1. The van der Waals surface area contributed by atoms with Crippen LogP contribution in [0.25, 0.3) is 11.4 Å². The molecule has 2 aromatic heterocycles. The van der Waals surface area contributed by atoms with Gasteiger partial charge in [-0.15, -0.1) is 15.3 Å². The van der Waals surface area contributed by atoms with Crippen LogP contribution in [-0.4, -0.2) is 36.3 Å². The highest BCUT2D eigenvalue weighted by molar-refractivity contribution is 7.15. The predicted molar refractivity (Wildman–Crippen MR) is 86.1 cm³/mol. The number of hydrogen-bond donors (Lipinski definition) is 1. The second kappa shape index (κ2) is 6.61. The van der Waals surface area contributed by atoms with Crippen molar-refractivity contribution in [3.8, 4) is 11.4 Å². The number of rotatable bonds is 5. The first-order valence-corrected chi connectivity index (χ1v) is 7.95. The number of aryl methyl sites for hydroxylation is 2. The largest absolute Gasteiger partial charge is 0.296 e. The van der Waals surface area contributed by atoms with Gasteiger partial charge >= 0.3 is 0 Å². The number of nitrogens with zero attached hydrogens (tertiary/aromatic N) is 6. The molecule has 0 radical (unpaired) electrons. The van der Waals surface area contributed by atoms with Crippen LogP contribution < -0.4 is 5.32 Å². The molecule has 3 rings (SSSR count). The van der Waals surface area contributed by atoms with Crippen LogP contribution in [0, 0.1) is 0 Å². The molecular weight excluding hydrogens is 314 g/mol. The molecule has 3 aromatic rings. The summed E-state index contributed by atoms with van der Waals surface area (Å²) >= 11 is 1.39. The summed E-state index contributed by atoms with van der Waals surface area (Å²) in [4.78, 5) is 12.4. The molecule has 8 nitrogen and oxygen atoms in total. The Hall–Kier alpha value is -2.68. The summed E-state index contributed by atoms with van der Waals surface area (Å²) in [6.45, 7) is 2.08. The Morgan fingerprint density at radius 1 is 1.30 bits per heavy atom. The van der Waals surface area contributed by atoms with Gasteiger partial charge in [-0.1, -0.05) is 30.4 Å². The van der Waals surface area contributed by atoms with Gasteiger partial charge in [0.1, 0.15) is 5.01 Å². The normalized spacial score (nSPS) is 10.7. The third-order valence-corrected chi connectivity index (χ3v) is 4.05. The van der Waals surface area contributed by atoms with Crippen molar-refractivity contribution in [3.05, 3.63) is 34.8 Å². The van der Waals surface area contributed by atoms with E-state index in [1.165, 1.54) is 11.3 Å². The first kappa shape index (κ1) is 15.2. The molecule has 118 valence electrons. The summed E-state index contributed by atoms with van der Waals surface area (Å²) in [6, 6.07) is 7.12. The molecular formula is C14H15N7OS. The summed E-state index contributed by atoms with van der Waals surface area (Å²) in [5, 5.41) is 23.6. The third kappa shape index (κ3) is 3.39. The van der Waals surface area contributed by atoms with Crippen molar-refractivity contribution in [1.29, 1.82) is 0 Å². The topological polar surface area (TPSA) is 98.5 Å². The monoisotopic (exact) mass is 329 g/mol. The van der Waals surface area contributed by atoms with Crippen molar-refractivity contribution >= 4 is 22.4 Å². The first-order chi connectivity index (χ1) is 11.2. The van der Waals surface area contributed by atoms with Crippen LogP contribution in [0.15, 0.2) is 24.3 Å². The number of aromatic nitrogens is 6. The van der Waals surface area contributed by atoms with Crippen molar-refractivity contribution in [2.75, 3.05) is 5.32 Å². The molecule has 0 spiro atoms. The zero-order valence-electron chi connectivity index (χ0n) is 12.7. The Kier molecular flexibility index (Phi) is 4.38. The van der Waals surface area contributed by atoms with E-state index in [0.29, 0.717) is 16.5 Å². The summed E-state index contributed by atoms with van der Waals surface area (Å²) in [7, 11) is 1.75. The van der Waals surface area contributed by atoms with Gasteiger partial charge in [0.05, 0.1) is 0 Å². The average Bonchev–Trinajstić information content (AvgIpc) is 3.17. The molecule has 0 saturated carbocycles. The number of carbonyl (C=O) groups is 1. The Morgan fingerprint density at radius 2 is 2.17 bits per heavy atom. The van der Waals surface area contributed by atoms with E-state index in [0.717, 1.165) is 23.4 Å². The van der Waals surface area contributed by atoms with Crippen LogP contribution in [0.1, 0.15) is 28.7 Å². The van der Waals surface area contributed by atoms with Crippen molar-refractivity contribution < 1.29 is 4.79 Å². The van der Waals surface area contributed by atoms with E-state index in [-0.39, 0.29) is 5.91 Å². The van der Waals surface area contributed by atoms with Crippen molar-refractivity contribution in [3.63, 3.8) is 0 Å². The highest BCUT2D eigenvalue weighted by Crippen LogP contribution is 2.20. The molecule has 0 fully saturated rings. The third-order valence-electron chi connectivity index (χ3n) is 3.15. The number of carbonyl (C=O) groups excluding carboxylic acids is 1. The molecule has 2 heterocycles. The maximum atomic E-state index is 12.4. The molecule has 0 aliphatic rings. The standard InChI is InChI=1S/C14H15N7OS/c1-3-5-11-16-18-14(23-11)15-13(22)10-7-4-6-9(8-10)12-17-19-20-21(12)2/h4,6-8H,3,5H2,1-2H3,(H,15,18,22). The maximum Gasteiger partial charge on any atom is 0.257 e. The zero-order valence-corrected chi connectivity index (χ0v) is 13.5. The minimum Gasteiger partial charge on any atom is -0.296 e. The SMILES string of the molecule is CCCc1nnc(NC(=O)c2cccc(-c3nnnn3C)c2)s1. The quantitative estimate of drug-likeness (QED) is 0.768. The van der Waals surface area contributed by atoms with Crippen LogP contribution in [0.5, 0.6) is 0 Å². The second-order valence-electron chi connectivity index (χ2n) is 4.91. The van der Waals surface area contributed by atoms with E-state index < -0.39 is 0 Å². The van der Waals surface area contributed by atoms with Gasteiger partial charge < -0.3 is 0 Å². The zero-order chi connectivity index (χ0) is 16.2. The highest BCUT2D eigenvalue weighted by Gasteiger charge is 2.12. The van der Waals surface area contributed by atoms with Crippen molar-refractivity contribution in [2.24, 2.45) is 7.05 Å². The lowest BCUT2D eigenvalue weighted by molar-refractivity contribution is 0.102. The minimum atomic E-state index is -0.235. The summed E-state index contributed by atoms with van der Waals surface area (Å²) in [5.41, 5.74) is 1.28. The fraction of sp³-hybridized carbons (Fsp3) is 0.286. The van der Waals surface area contributed by atoms with Gasteiger partial charge in [0.2, 0.25) is 5.13 Å². The van der Waals surface area contributed by atoms with Gasteiger partial charge in [-0.05, 0) is 29.0 Å². The van der Waals surface area contributed by atoms with Crippen LogP contribution in [0.3, 0.4) is 0 Å². The van der Waals surface area contributed by atoms with Crippen molar-refractivity contribution in [1.82, 2.24) is 30.4 Å². The first-order valence-electron chi connectivity index (χ1n) is 7.14. The molecule has 0 saturated heterocycles. The molecule has 9 heteroatoms. The number of anilines is 1. The van der Waals surface area contributed by atoms with E-state index >= 15 is 0 Å². The lowest BCUT2D eigenvalue weighted by atomic mass is 10.1. The fourth-order valence-corrected chi connectivity index (χ4v) is 2.90. The number of hydrogen-bond acceptors (Lipinski definition) is 7. The molecule has 0 bridgehead atoms. The van der Waals surface area contributed by atoms with Gasteiger partial charge in [-0.2, -0.15) is 0 Å². The van der Waals surface area contributed by atoms with Crippen LogP contribution in [0.4, 0.5) is 5.13 Å². The smallest absolute Gasteiger partial charge is 0.257 e. The van der Waals surface area contributed by atoms with Gasteiger partial charge in [0, 0.05) is 24.6 Å². The molecule has 0 atom stereocenters. The van der Waals surface area contributed by atoms with E-state index in [1.807, 2.05) is 6.07 Å². The molecule has 0 aliphatic heterocycles. The average molecular weight is 329 g/mol. The van der Waals surface area contributed by atoms with E-state index in [4.69, 9.17) is 0 Å². The maximum absolute atomic E-state index is 12.4. The van der Waals surface area contributed by atoms with Crippen LogP contribution in [0.2, 0.25) is 0 Å². The van der Waals surface area contributed by atoms with E-state index in [9.17, 15) is 4.79 Å². The number of benzene rings is 1. The Bertz CT molecular complexity index is 826. The summed E-state index contributed by atoms with van der Waals surface area (Å²) in [6.07, 6.45) is 1.86. The highest BCUT2D eigenvalue weighted by atomic mass is 32.1. The Balaban J connectivity index is 1.78. The molecule has 1 aromatic carbocycles. The lowest BCUT2D eigenvalue weighted by Crippen LogP contribution is -2.11. The van der Waals surface area contributed by atoms with E-state index in [2.05, 4.69) is 38.0 Å². The van der Waals surface area contributed by atoms with Crippen molar-refractivity contribution in [2.45, 2.75) is 19.8 Å². The van der Waals surface area contributed by atoms with Crippen LogP contribution in [-0.2, 0) is 13.5 Å². The summed E-state index contributed by atoms with van der Waals surface area (Å²) in [5.74, 6) is 0.363. The molecule has 0 unspecified atom stereocenters. The predicted octanol–water partition coefficient (Wildman–Crippen LogP) is 1.93. The second-order valence-corrected chi connectivity index (χ2v) is 5.97. The molecule has 23 heavy (non-hydrogen) atoms. The lowest BCUT2D eigenvalue weighted by Gasteiger charge is -2.04. The molecule has 0 aliphatic carbocycles. The van der Waals surface area contributed by atoms with E-state index in [1.54, 1.807) is 29.9 Å². The number of tetrazole rings is 1. The van der Waals surface area contributed by atoms with Gasteiger partial charge in [-0.25, -0.2) is 4.68 Å².